The molecule has 2 atom stereocenters. The van der Waals surface area contributed by atoms with Crippen LogP contribution in [0.5, 0.6) is 0 Å². The van der Waals surface area contributed by atoms with E-state index in [1.54, 1.807) is 6.92 Å². The molecule has 0 saturated heterocycles. The largest absolute Gasteiger partial charge is 0.330 e. The molecule has 0 aromatic heterocycles. The topological polar surface area (TPSA) is 26.0 Å². The molecule has 0 heterocycles. The maximum absolute atomic E-state index is 13.4. The van der Waals surface area contributed by atoms with Gasteiger partial charge < -0.3 is 5.73 Å². The maximum Gasteiger partial charge on any atom is 0.127 e. The lowest BCUT2D eigenvalue weighted by atomic mass is 10.1. The molecular weight excluding hydrogens is 184 g/mol. The van der Waals surface area contributed by atoms with Crippen LogP contribution in [0.1, 0.15) is 23.5 Å². The summed E-state index contributed by atoms with van der Waals surface area (Å²) in [6.07, 6.45) is 0.885. The molecule has 76 valence electrons. The molecule has 1 aromatic rings. The molecule has 1 aliphatic carbocycles. The minimum Gasteiger partial charge on any atom is -0.330 e. The second kappa shape index (κ2) is 3.31. The Morgan fingerprint density at radius 3 is 2.64 bits per heavy atom. The smallest absolute Gasteiger partial charge is 0.127 e. The minimum absolute atomic E-state index is 0.134. The third-order valence-corrected chi connectivity index (χ3v) is 2.90. The fourth-order valence-corrected chi connectivity index (χ4v) is 1.83. The number of halogens is 2. The standard InChI is InChI=1S/C11H13F2N/c1-6-2-11(13)9(4-10(6)12)8-3-7(8)5-14/h2,4,7-8H,3,5,14H2,1H3/t7-,8+/m0/s1. The van der Waals surface area contributed by atoms with Crippen LogP contribution in [0, 0.1) is 24.5 Å². The normalized spacial score (nSPS) is 25.1. The van der Waals surface area contributed by atoms with E-state index in [1.165, 1.54) is 12.1 Å². The number of hydrogen-bond acceptors (Lipinski definition) is 1. The van der Waals surface area contributed by atoms with Gasteiger partial charge in [-0.25, -0.2) is 8.78 Å². The zero-order chi connectivity index (χ0) is 10.3. The van der Waals surface area contributed by atoms with Gasteiger partial charge in [-0.15, -0.1) is 0 Å². The summed E-state index contributed by atoms with van der Waals surface area (Å²) in [5.74, 6) is -0.157. The number of benzene rings is 1. The molecule has 1 saturated carbocycles. The molecule has 0 spiro atoms. The molecule has 1 nitrogen and oxygen atoms in total. The summed E-state index contributed by atoms with van der Waals surface area (Å²) in [5, 5.41) is 0. The van der Waals surface area contributed by atoms with Gasteiger partial charge in [0.15, 0.2) is 0 Å². The molecule has 2 rings (SSSR count). The van der Waals surface area contributed by atoms with Crippen molar-refractivity contribution in [2.45, 2.75) is 19.3 Å². The Morgan fingerprint density at radius 1 is 1.36 bits per heavy atom. The van der Waals surface area contributed by atoms with Crippen LogP contribution in [0.4, 0.5) is 8.78 Å². The second-order valence-corrected chi connectivity index (χ2v) is 3.96. The first-order valence-corrected chi connectivity index (χ1v) is 4.79. The second-order valence-electron chi connectivity index (χ2n) is 3.96. The summed E-state index contributed by atoms with van der Waals surface area (Å²) in [6.45, 7) is 2.12. The van der Waals surface area contributed by atoms with Crippen LogP contribution in [-0.4, -0.2) is 6.54 Å². The Hall–Kier alpha value is -0.960. The van der Waals surface area contributed by atoms with Gasteiger partial charge in [0.25, 0.3) is 0 Å². The van der Waals surface area contributed by atoms with Crippen molar-refractivity contribution in [2.24, 2.45) is 11.7 Å². The van der Waals surface area contributed by atoms with Crippen LogP contribution in [0.25, 0.3) is 0 Å². The first-order valence-electron chi connectivity index (χ1n) is 4.79. The predicted molar refractivity (Wildman–Crippen MR) is 51.0 cm³/mol. The first kappa shape index (κ1) is 9.59. The number of aryl methyl sites for hydroxylation is 1. The monoisotopic (exact) mass is 197 g/mol. The molecule has 1 aliphatic rings. The highest BCUT2D eigenvalue weighted by atomic mass is 19.1. The van der Waals surface area contributed by atoms with Crippen LogP contribution in [-0.2, 0) is 0 Å². The molecule has 1 fully saturated rings. The van der Waals surface area contributed by atoms with Crippen molar-refractivity contribution in [3.63, 3.8) is 0 Å². The number of nitrogens with two attached hydrogens (primary N) is 1. The van der Waals surface area contributed by atoms with Crippen molar-refractivity contribution >= 4 is 0 Å². The van der Waals surface area contributed by atoms with E-state index in [1.807, 2.05) is 0 Å². The fourth-order valence-electron chi connectivity index (χ4n) is 1.83. The highest BCUT2D eigenvalue weighted by Crippen LogP contribution is 2.47. The Bertz CT molecular complexity index is 363. The third kappa shape index (κ3) is 1.52. The summed E-state index contributed by atoms with van der Waals surface area (Å²) in [4.78, 5) is 0. The highest BCUT2D eigenvalue weighted by Gasteiger charge is 2.38. The number of hydrogen-bond donors (Lipinski definition) is 1. The van der Waals surface area contributed by atoms with Gasteiger partial charge in [-0.2, -0.15) is 0 Å². The van der Waals surface area contributed by atoms with Crippen LogP contribution in [0.3, 0.4) is 0 Å². The van der Waals surface area contributed by atoms with Crippen molar-refractivity contribution < 1.29 is 8.78 Å². The van der Waals surface area contributed by atoms with Gasteiger partial charge in [-0.3, -0.25) is 0 Å². The van der Waals surface area contributed by atoms with Crippen LogP contribution in [0.2, 0.25) is 0 Å². The van der Waals surface area contributed by atoms with E-state index in [9.17, 15) is 8.78 Å². The Kier molecular flexibility index (Phi) is 2.27. The summed E-state index contributed by atoms with van der Waals surface area (Å²) >= 11 is 0. The van der Waals surface area contributed by atoms with E-state index in [2.05, 4.69) is 0 Å². The van der Waals surface area contributed by atoms with Gasteiger partial charge in [0.2, 0.25) is 0 Å². The first-order chi connectivity index (χ1) is 6.63. The molecule has 1 aromatic carbocycles. The molecule has 3 heteroatoms. The van der Waals surface area contributed by atoms with Gasteiger partial charge in [0.1, 0.15) is 11.6 Å². The lowest BCUT2D eigenvalue weighted by molar-refractivity contribution is 0.576. The lowest BCUT2D eigenvalue weighted by Gasteiger charge is -2.04. The van der Waals surface area contributed by atoms with Gasteiger partial charge in [-0.1, -0.05) is 0 Å². The molecule has 14 heavy (non-hydrogen) atoms. The molecule has 0 aliphatic heterocycles. The van der Waals surface area contributed by atoms with Crippen LogP contribution >= 0.6 is 0 Å². The van der Waals surface area contributed by atoms with E-state index in [-0.39, 0.29) is 17.6 Å². The van der Waals surface area contributed by atoms with Crippen LogP contribution < -0.4 is 5.73 Å². The van der Waals surface area contributed by atoms with E-state index < -0.39 is 0 Å². The Labute approximate surface area is 81.9 Å². The van der Waals surface area contributed by atoms with Gasteiger partial charge >= 0.3 is 0 Å². The van der Waals surface area contributed by atoms with Crippen molar-refractivity contribution in [3.05, 3.63) is 34.9 Å². The SMILES string of the molecule is Cc1cc(F)c([C@@H]2C[C@H]2CN)cc1F. The van der Waals surface area contributed by atoms with E-state index in [0.717, 1.165) is 6.42 Å². The van der Waals surface area contributed by atoms with E-state index in [4.69, 9.17) is 5.73 Å². The zero-order valence-electron chi connectivity index (χ0n) is 8.06. The highest BCUT2D eigenvalue weighted by molar-refractivity contribution is 5.31. The van der Waals surface area contributed by atoms with Crippen molar-refractivity contribution in [1.82, 2.24) is 0 Å². The van der Waals surface area contributed by atoms with Gasteiger partial charge in [-0.05, 0) is 55.0 Å². The van der Waals surface area contributed by atoms with E-state index >= 15 is 0 Å². The average molecular weight is 197 g/mol. The predicted octanol–water partition coefficient (Wildman–Crippen LogP) is 2.34. The van der Waals surface area contributed by atoms with Gasteiger partial charge in [0, 0.05) is 0 Å². The quantitative estimate of drug-likeness (QED) is 0.773. The molecule has 0 radical (unpaired) electrons. The number of rotatable bonds is 2. The van der Waals surface area contributed by atoms with Crippen molar-refractivity contribution in [1.29, 1.82) is 0 Å². The summed E-state index contributed by atoms with van der Waals surface area (Å²) in [7, 11) is 0. The molecule has 0 amide bonds. The van der Waals surface area contributed by atoms with Crippen LogP contribution in [0.15, 0.2) is 12.1 Å². The molecule has 2 N–H and O–H groups in total. The third-order valence-electron chi connectivity index (χ3n) is 2.90. The van der Waals surface area contributed by atoms with E-state index in [0.29, 0.717) is 23.6 Å². The average Bonchev–Trinajstić information content (AvgIpc) is 2.90. The molecular formula is C11H13F2N. The zero-order valence-corrected chi connectivity index (χ0v) is 8.06. The Balaban J connectivity index is 2.31. The fraction of sp³-hybridized carbons (Fsp3) is 0.455. The summed E-state index contributed by atoms with van der Waals surface area (Å²) < 4.78 is 26.6. The summed E-state index contributed by atoms with van der Waals surface area (Å²) in [5.41, 5.74) is 6.31. The molecule has 0 unspecified atom stereocenters. The maximum atomic E-state index is 13.4. The van der Waals surface area contributed by atoms with Crippen molar-refractivity contribution in [2.75, 3.05) is 6.54 Å². The lowest BCUT2D eigenvalue weighted by Crippen LogP contribution is -2.03. The molecule has 0 bridgehead atoms. The summed E-state index contributed by atoms with van der Waals surface area (Å²) in [6, 6.07) is 2.57. The van der Waals surface area contributed by atoms with Gasteiger partial charge in [0.05, 0.1) is 0 Å². The van der Waals surface area contributed by atoms with Crippen molar-refractivity contribution in [3.8, 4) is 0 Å². The Morgan fingerprint density at radius 2 is 2.07 bits per heavy atom. The minimum atomic E-state index is -0.330.